The molecule has 0 atom stereocenters. The number of nitrogens with one attached hydrogen (secondary N) is 1. The van der Waals surface area contributed by atoms with Gasteiger partial charge in [-0.2, -0.15) is 0 Å². The Balaban J connectivity index is 1.52. The molecule has 2 heterocycles. The lowest BCUT2D eigenvalue weighted by molar-refractivity contribution is -0.122. The molecule has 0 saturated heterocycles. The van der Waals surface area contributed by atoms with Crippen LogP contribution in [0.2, 0.25) is 10.0 Å². The first kappa shape index (κ1) is 17.6. The average Bonchev–Trinajstić information content (AvgIpc) is 2.90. The van der Waals surface area contributed by atoms with Crippen molar-refractivity contribution in [1.82, 2.24) is 4.98 Å². The number of carbonyl (C=O) groups is 1. The van der Waals surface area contributed by atoms with Gasteiger partial charge in [0.2, 0.25) is 11.8 Å². The Bertz CT molecular complexity index is 864. The van der Waals surface area contributed by atoms with Gasteiger partial charge in [0.25, 0.3) is 0 Å². The number of amides is 1. The van der Waals surface area contributed by atoms with E-state index >= 15 is 0 Å². The van der Waals surface area contributed by atoms with Gasteiger partial charge in [-0.15, -0.1) is 0 Å². The summed E-state index contributed by atoms with van der Waals surface area (Å²) in [6.07, 6.45) is 4.25. The highest BCUT2D eigenvalue weighted by atomic mass is 35.5. The lowest BCUT2D eigenvalue weighted by Gasteiger charge is -2.35. The molecular weight excluding hydrogens is 375 g/mol. The average molecular weight is 393 g/mol. The van der Waals surface area contributed by atoms with Crippen LogP contribution < -0.4 is 10.1 Å². The summed E-state index contributed by atoms with van der Waals surface area (Å²) in [6, 6.07) is 7.24. The molecule has 0 radical (unpaired) electrons. The SMILES string of the molecule is O=C1Nc2ccc(CO)cc2C12CCC(Oc1ncc(Cl)cc1Cl)CC2. The first-order valence-corrected chi connectivity index (χ1v) is 9.31. The molecule has 1 aromatic carbocycles. The zero-order valence-corrected chi connectivity index (χ0v) is 15.5. The fraction of sp³-hybridized carbons (Fsp3) is 0.368. The van der Waals surface area contributed by atoms with E-state index in [0.29, 0.717) is 28.8 Å². The van der Waals surface area contributed by atoms with Crippen LogP contribution >= 0.6 is 23.2 Å². The molecule has 1 amide bonds. The second-order valence-corrected chi connectivity index (χ2v) is 7.68. The van der Waals surface area contributed by atoms with Crippen molar-refractivity contribution in [2.75, 3.05) is 5.32 Å². The van der Waals surface area contributed by atoms with E-state index in [0.717, 1.165) is 29.7 Å². The number of pyridine rings is 1. The Morgan fingerprint density at radius 2 is 2.04 bits per heavy atom. The van der Waals surface area contributed by atoms with E-state index < -0.39 is 5.41 Å². The van der Waals surface area contributed by atoms with E-state index in [9.17, 15) is 9.90 Å². The summed E-state index contributed by atoms with van der Waals surface area (Å²) in [4.78, 5) is 16.8. The quantitative estimate of drug-likeness (QED) is 0.824. The lowest BCUT2D eigenvalue weighted by Crippen LogP contribution is -2.41. The maximum Gasteiger partial charge on any atom is 0.235 e. The normalized spacial score (nSPS) is 24.4. The van der Waals surface area contributed by atoms with E-state index in [2.05, 4.69) is 10.3 Å². The van der Waals surface area contributed by atoms with E-state index in [1.165, 1.54) is 6.20 Å². The Morgan fingerprint density at radius 1 is 1.27 bits per heavy atom. The van der Waals surface area contributed by atoms with Crippen LogP contribution in [-0.4, -0.2) is 22.1 Å². The van der Waals surface area contributed by atoms with Gasteiger partial charge in [-0.3, -0.25) is 4.79 Å². The van der Waals surface area contributed by atoms with Crippen LogP contribution in [-0.2, 0) is 16.8 Å². The van der Waals surface area contributed by atoms with Gasteiger partial charge < -0.3 is 15.2 Å². The number of ether oxygens (including phenoxy) is 1. The third-order valence-corrected chi connectivity index (χ3v) is 5.78. The zero-order chi connectivity index (χ0) is 18.3. The Morgan fingerprint density at radius 3 is 2.73 bits per heavy atom. The molecule has 26 heavy (non-hydrogen) atoms. The summed E-state index contributed by atoms with van der Waals surface area (Å²) < 4.78 is 5.94. The molecular formula is C19H18Cl2N2O3. The first-order valence-electron chi connectivity index (χ1n) is 8.55. The van der Waals surface area contributed by atoms with Gasteiger partial charge in [-0.1, -0.05) is 35.3 Å². The second-order valence-electron chi connectivity index (χ2n) is 6.83. The van der Waals surface area contributed by atoms with Crippen molar-refractivity contribution in [1.29, 1.82) is 0 Å². The van der Waals surface area contributed by atoms with Crippen LogP contribution in [0.15, 0.2) is 30.5 Å². The molecule has 1 spiro atoms. The molecule has 1 aliphatic carbocycles. The van der Waals surface area contributed by atoms with Crippen LogP contribution in [0, 0.1) is 0 Å². The molecule has 1 aromatic heterocycles. The smallest absolute Gasteiger partial charge is 0.235 e. The summed E-state index contributed by atoms with van der Waals surface area (Å²) in [5, 5.41) is 13.2. The number of aliphatic hydroxyl groups is 1. The number of aromatic nitrogens is 1. The van der Waals surface area contributed by atoms with Crippen molar-refractivity contribution in [3.8, 4) is 5.88 Å². The molecule has 0 bridgehead atoms. The third-order valence-electron chi connectivity index (χ3n) is 5.30. The van der Waals surface area contributed by atoms with E-state index in [1.807, 2.05) is 18.2 Å². The zero-order valence-electron chi connectivity index (χ0n) is 14.0. The first-order chi connectivity index (χ1) is 12.5. The number of aliphatic hydroxyl groups excluding tert-OH is 1. The Labute approximate surface area is 161 Å². The fourth-order valence-corrected chi connectivity index (χ4v) is 4.33. The molecule has 1 fully saturated rings. The standard InChI is InChI=1S/C19H18Cl2N2O3/c20-12-8-15(21)17(22-9-12)26-13-3-5-19(6-4-13)14-7-11(10-24)1-2-16(14)23-18(19)25/h1-2,7-9,13,24H,3-6,10H2,(H,23,25). The van der Waals surface area contributed by atoms with Gasteiger partial charge in [-0.05, 0) is 48.9 Å². The van der Waals surface area contributed by atoms with Gasteiger partial charge >= 0.3 is 0 Å². The summed E-state index contributed by atoms with van der Waals surface area (Å²) >= 11 is 12.0. The highest BCUT2D eigenvalue weighted by Gasteiger charge is 2.49. The lowest BCUT2D eigenvalue weighted by atomic mass is 9.69. The minimum absolute atomic E-state index is 0.0312. The molecule has 2 aliphatic rings. The molecule has 7 heteroatoms. The third kappa shape index (κ3) is 2.94. The molecule has 2 aromatic rings. The van der Waals surface area contributed by atoms with Gasteiger partial charge in [0, 0.05) is 11.9 Å². The number of hydrogen-bond donors (Lipinski definition) is 2. The predicted molar refractivity (Wildman–Crippen MR) is 99.8 cm³/mol. The topological polar surface area (TPSA) is 71.5 Å². The number of rotatable bonds is 3. The van der Waals surface area contributed by atoms with Crippen LogP contribution in [0.4, 0.5) is 5.69 Å². The minimum Gasteiger partial charge on any atom is -0.473 e. The molecule has 1 saturated carbocycles. The fourth-order valence-electron chi connectivity index (χ4n) is 3.90. The summed E-state index contributed by atoms with van der Waals surface area (Å²) in [6.45, 7) is -0.0377. The Hall–Kier alpha value is -1.82. The van der Waals surface area contributed by atoms with Crippen molar-refractivity contribution in [2.45, 2.75) is 43.8 Å². The predicted octanol–water partition coefficient (Wildman–Crippen LogP) is 4.09. The minimum atomic E-state index is -0.544. The van der Waals surface area contributed by atoms with Crippen molar-refractivity contribution in [3.05, 3.63) is 51.6 Å². The van der Waals surface area contributed by atoms with Gasteiger partial charge in [0.05, 0.1) is 17.0 Å². The summed E-state index contributed by atoms with van der Waals surface area (Å²) in [5.74, 6) is 0.402. The van der Waals surface area contributed by atoms with Crippen LogP contribution in [0.25, 0.3) is 0 Å². The number of anilines is 1. The highest BCUT2D eigenvalue weighted by Crippen LogP contribution is 2.48. The van der Waals surface area contributed by atoms with Crippen LogP contribution in [0.3, 0.4) is 0 Å². The van der Waals surface area contributed by atoms with E-state index in [-0.39, 0.29) is 18.6 Å². The molecule has 5 nitrogen and oxygen atoms in total. The monoisotopic (exact) mass is 392 g/mol. The van der Waals surface area contributed by atoms with Gasteiger partial charge in [0.15, 0.2) is 0 Å². The second kappa shape index (κ2) is 6.72. The molecule has 136 valence electrons. The number of halogens is 2. The van der Waals surface area contributed by atoms with E-state index in [4.69, 9.17) is 27.9 Å². The maximum absolute atomic E-state index is 12.7. The maximum atomic E-state index is 12.7. The summed E-state index contributed by atoms with van der Waals surface area (Å²) in [5.41, 5.74) is 2.09. The number of nitrogens with zero attached hydrogens (tertiary/aromatic N) is 1. The van der Waals surface area contributed by atoms with Gasteiger partial charge in [0.1, 0.15) is 11.1 Å². The van der Waals surface area contributed by atoms with Crippen molar-refractivity contribution < 1.29 is 14.6 Å². The van der Waals surface area contributed by atoms with Gasteiger partial charge in [-0.25, -0.2) is 4.98 Å². The van der Waals surface area contributed by atoms with Crippen LogP contribution in [0.1, 0.15) is 36.8 Å². The molecule has 2 N–H and O–H groups in total. The number of fused-ring (bicyclic) bond motifs is 2. The number of benzene rings is 1. The van der Waals surface area contributed by atoms with E-state index in [1.54, 1.807) is 6.07 Å². The highest BCUT2D eigenvalue weighted by molar-refractivity contribution is 6.35. The molecule has 4 rings (SSSR count). The number of carbonyl (C=O) groups excluding carboxylic acids is 1. The number of hydrogen-bond acceptors (Lipinski definition) is 4. The Kier molecular flexibility index (Phi) is 4.55. The largest absolute Gasteiger partial charge is 0.473 e. The van der Waals surface area contributed by atoms with Crippen molar-refractivity contribution >= 4 is 34.8 Å². The summed E-state index contributed by atoms with van der Waals surface area (Å²) in [7, 11) is 0. The molecule has 1 aliphatic heterocycles. The van der Waals surface area contributed by atoms with Crippen molar-refractivity contribution in [2.24, 2.45) is 0 Å². The van der Waals surface area contributed by atoms with Crippen molar-refractivity contribution in [3.63, 3.8) is 0 Å². The van der Waals surface area contributed by atoms with Crippen LogP contribution in [0.5, 0.6) is 5.88 Å². The molecule has 0 unspecified atom stereocenters.